The van der Waals surface area contributed by atoms with E-state index in [1.165, 1.54) is 5.57 Å². The molecule has 0 aromatic heterocycles. The fraction of sp³-hybridized carbons (Fsp3) is 0.375. The van der Waals surface area contributed by atoms with Crippen molar-refractivity contribution in [2.45, 2.75) is 17.1 Å². The molecule has 50 valence electrons. The molecule has 10 heavy (non-hydrogen) atoms. The van der Waals surface area contributed by atoms with Crippen molar-refractivity contribution in [1.82, 2.24) is 0 Å². The van der Waals surface area contributed by atoms with Crippen LogP contribution in [0.15, 0.2) is 23.8 Å². The summed E-state index contributed by atoms with van der Waals surface area (Å²) in [5.41, 5.74) is 1.51. The van der Waals surface area contributed by atoms with Crippen molar-refractivity contribution in [3.8, 4) is 0 Å². The number of hydrogen-bond donors (Lipinski definition) is 0. The molecule has 0 aromatic carbocycles. The molecule has 1 unspecified atom stereocenters. The van der Waals surface area contributed by atoms with Gasteiger partial charge in [0.1, 0.15) is 0 Å². The Morgan fingerprint density at radius 3 is 2.90 bits per heavy atom. The monoisotopic (exact) mass is 168 g/mol. The number of allylic oxidation sites excluding steroid dienone is 4. The van der Waals surface area contributed by atoms with E-state index in [1.807, 2.05) is 0 Å². The maximum absolute atomic E-state index is 10.7. The third-order valence-corrected chi connectivity index (χ3v) is 4.24. The number of carbonyl (C=O) groups is 1. The summed E-state index contributed by atoms with van der Waals surface area (Å²) in [5, 5.41) is 0. The van der Waals surface area contributed by atoms with Crippen molar-refractivity contribution in [1.29, 1.82) is 0 Å². The van der Waals surface area contributed by atoms with Crippen LogP contribution in [-0.4, -0.2) is 4.09 Å². The molecule has 1 saturated heterocycles. The first-order chi connectivity index (χ1) is 4.86. The summed E-state index contributed by atoms with van der Waals surface area (Å²) in [6, 6.07) is 0. The Labute approximate surface area is 69.1 Å². The maximum atomic E-state index is 10.7. The van der Waals surface area contributed by atoms with Gasteiger partial charge in [-0.15, -0.1) is 0 Å². The Bertz CT molecular complexity index is 219. The van der Waals surface area contributed by atoms with Gasteiger partial charge >= 0.3 is 68.9 Å². The Morgan fingerprint density at radius 1 is 1.60 bits per heavy atom. The van der Waals surface area contributed by atoms with Crippen LogP contribution in [-0.2, 0) is 23.9 Å². The SMILES string of the molecule is O=[C]1C[CH](C2=CC=CC2)[Ti]1. The molecule has 0 N–H and O–H groups in total. The van der Waals surface area contributed by atoms with Crippen molar-refractivity contribution in [2.75, 3.05) is 0 Å². The average Bonchev–Trinajstić information content (AvgIpc) is 2.31. The molecule has 0 radical (unpaired) electrons. The molecule has 0 amide bonds. The molecule has 0 saturated carbocycles. The average molecular weight is 168 g/mol. The van der Waals surface area contributed by atoms with E-state index in [1.54, 1.807) is 0 Å². The standard InChI is InChI=1S/C8H8O.Ti/c9-7-3-6-8-4-1-2-5-8;/h1-2,4,6H,3,5H2;. The number of hydrogen-bond acceptors (Lipinski definition) is 1. The quantitative estimate of drug-likeness (QED) is 0.544. The molecular weight excluding hydrogens is 160 g/mol. The predicted octanol–water partition coefficient (Wildman–Crippen LogP) is 1.67. The van der Waals surface area contributed by atoms with Crippen LogP contribution in [0, 0.1) is 0 Å². The third-order valence-electron chi connectivity index (χ3n) is 1.97. The fourth-order valence-corrected chi connectivity index (χ4v) is 2.92. The molecule has 2 rings (SSSR count). The van der Waals surface area contributed by atoms with Crippen LogP contribution in [0.2, 0.25) is 4.22 Å². The van der Waals surface area contributed by atoms with Gasteiger partial charge in [-0.3, -0.25) is 0 Å². The van der Waals surface area contributed by atoms with Crippen LogP contribution in [0.5, 0.6) is 0 Å². The minimum atomic E-state index is -0.220. The first-order valence-electron chi connectivity index (χ1n) is 3.51. The van der Waals surface area contributed by atoms with Crippen LogP contribution in [0.1, 0.15) is 12.8 Å². The molecule has 1 fully saturated rings. The van der Waals surface area contributed by atoms with Gasteiger partial charge in [0.15, 0.2) is 0 Å². The van der Waals surface area contributed by atoms with E-state index >= 15 is 0 Å². The van der Waals surface area contributed by atoms with Crippen LogP contribution in [0.4, 0.5) is 0 Å². The van der Waals surface area contributed by atoms with E-state index in [9.17, 15) is 4.79 Å². The summed E-state index contributed by atoms with van der Waals surface area (Å²) >= 11 is -0.220. The first kappa shape index (κ1) is 6.57. The minimum absolute atomic E-state index is 0.220. The molecule has 0 aromatic rings. The van der Waals surface area contributed by atoms with E-state index in [2.05, 4.69) is 18.2 Å². The topological polar surface area (TPSA) is 17.1 Å². The molecule has 1 nitrogen and oxygen atoms in total. The van der Waals surface area contributed by atoms with Gasteiger partial charge in [0.25, 0.3) is 0 Å². The van der Waals surface area contributed by atoms with Crippen LogP contribution in [0.3, 0.4) is 0 Å². The van der Waals surface area contributed by atoms with Crippen LogP contribution >= 0.6 is 0 Å². The Balaban J connectivity index is 1.97. The molecule has 1 heterocycles. The van der Waals surface area contributed by atoms with E-state index in [-0.39, 0.29) is 19.2 Å². The summed E-state index contributed by atoms with van der Waals surface area (Å²) in [6.45, 7) is 0. The second kappa shape index (κ2) is 2.48. The zero-order valence-corrected chi connectivity index (χ0v) is 7.19. The molecule has 0 bridgehead atoms. The molecule has 0 spiro atoms. The van der Waals surface area contributed by atoms with E-state index in [4.69, 9.17) is 0 Å². The van der Waals surface area contributed by atoms with Gasteiger partial charge in [-0.05, 0) is 0 Å². The molecular formula is C8H8OTi. The van der Waals surface area contributed by atoms with E-state index in [0.717, 1.165) is 17.1 Å². The van der Waals surface area contributed by atoms with E-state index < -0.39 is 0 Å². The molecule has 2 heteroatoms. The summed E-state index contributed by atoms with van der Waals surface area (Å²) in [4.78, 5) is 10.7. The van der Waals surface area contributed by atoms with Crippen LogP contribution in [0.25, 0.3) is 0 Å². The van der Waals surface area contributed by atoms with Crippen molar-refractivity contribution in [2.24, 2.45) is 0 Å². The molecule has 2 aliphatic rings. The molecule has 1 aliphatic carbocycles. The van der Waals surface area contributed by atoms with Gasteiger partial charge in [0, 0.05) is 0 Å². The summed E-state index contributed by atoms with van der Waals surface area (Å²) < 4.78 is 1.28. The van der Waals surface area contributed by atoms with Crippen molar-refractivity contribution < 1.29 is 23.9 Å². The van der Waals surface area contributed by atoms with Crippen molar-refractivity contribution in [3.05, 3.63) is 23.8 Å². The second-order valence-electron chi connectivity index (χ2n) is 2.70. The van der Waals surface area contributed by atoms with Crippen molar-refractivity contribution in [3.63, 3.8) is 0 Å². The Morgan fingerprint density at radius 2 is 2.40 bits per heavy atom. The summed E-state index contributed by atoms with van der Waals surface area (Å²) in [6.07, 6.45) is 8.42. The predicted molar refractivity (Wildman–Crippen MR) is 35.2 cm³/mol. The fourth-order valence-electron chi connectivity index (χ4n) is 1.30. The Hall–Kier alpha value is -0.136. The zero-order valence-electron chi connectivity index (χ0n) is 5.63. The van der Waals surface area contributed by atoms with Gasteiger partial charge in [0.05, 0.1) is 0 Å². The molecule has 1 atom stereocenters. The Kier molecular flexibility index (Phi) is 1.63. The third kappa shape index (κ3) is 1.04. The van der Waals surface area contributed by atoms with E-state index in [0.29, 0.717) is 4.09 Å². The van der Waals surface area contributed by atoms with Crippen LogP contribution < -0.4 is 0 Å². The van der Waals surface area contributed by atoms with Gasteiger partial charge in [0.2, 0.25) is 0 Å². The van der Waals surface area contributed by atoms with Crippen molar-refractivity contribution >= 4 is 4.09 Å². The summed E-state index contributed by atoms with van der Waals surface area (Å²) in [5.74, 6) is 0. The van der Waals surface area contributed by atoms with Gasteiger partial charge in [-0.1, -0.05) is 0 Å². The number of rotatable bonds is 1. The van der Waals surface area contributed by atoms with Gasteiger partial charge in [-0.25, -0.2) is 0 Å². The molecule has 1 aliphatic heterocycles. The van der Waals surface area contributed by atoms with Gasteiger partial charge < -0.3 is 0 Å². The normalized spacial score (nSPS) is 29.4. The zero-order chi connectivity index (χ0) is 6.97. The first-order valence-corrected chi connectivity index (χ1v) is 5.19. The number of carbonyl (C=O) groups excluding carboxylic acids is 1. The summed E-state index contributed by atoms with van der Waals surface area (Å²) in [7, 11) is 0. The second-order valence-corrected chi connectivity index (χ2v) is 5.11. The van der Waals surface area contributed by atoms with Gasteiger partial charge in [-0.2, -0.15) is 0 Å².